The van der Waals surface area contributed by atoms with Crippen LogP contribution >= 0.6 is 0 Å². The molecule has 0 aromatic heterocycles. The molecule has 0 radical (unpaired) electrons. The third-order valence-corrected chi connectivity index (χ3v) is 0.875. The summed E-state index contributed by atoms with van der Waals surface area (Å²) in [6.45, 7) is 1.95. The summed E-state index contributed by atoms with van der Waals surface area (Å²) >= 11 is 0. The van der Waals surface area contributed by atoms with E-state index < -0.39 is 0 Å². The molecule has 0 aromatic rings. The van der Waals surface area contributed by atoms with Gasteiger partial charge in [0.1, 0.15) is 0 Å². The average Bonchev–Trinajstić information content (AvgIpc) is 1.83. The van der Waals surface area contributed by atoms with Crippen LogP contribution in [0.15, 0.2) is 12.2 Å². The van der Waals surface area contributed by atoms with Crippen LogP contribution in [-0.4, -0.2) is 13.1 Å². The van der Waals surface area contributed by atoms with Gasteiger partial charge in [-0.2, -0.15) is 0 Å². The van der Waals surface area contributed by atoms with Gasteiger partial charge in [0.05, 0.1) is 6.04 Å². The van der Waals surface area contributed by atoms with E-state index in [2.05, 4.69) is 11.2 Å². The van der Waals surface area contributed by atoms with E-state index in [4.69, 9.17) is 6.42 Å². The van der Waals surface area contributed by atoms with Crippen molar-refractivity contribution in [3.63, 3.8) is 0 Å². The minimum atomic E-state index is 0.0972. The molecule has 0 saturated heterocycles. The lowest BCUT2D eigenvalue weighted by Crippen LogP contribution is -2.19. The van der Waals surface area contributed by atoms with E-state index in [0.717, 1.165) is 0 Å². The molecule has 44 valence electrons. The van der Waals surface area contributed by atoms with E-state index in [0.29, 0.717) is 0 Å². The zero-order valence-electron chi connectivity index (χ0n) is 5.31. The van der Waals surface area contributed by atoms with Gasteiger partial charge in [-0.25, -0.2) is 0 Å². The molecule has 0 fully saturated rings. The minimum absolute atomic E-state index is 0.0972. The molecular formula is C7H11N. The van der Waals surface area contributed by atoms with Gasteiger partial charge in [-0.15, -0.1) is 6.42 Å². The van der Waals surface area contributed by atoms with E-state index in [1.165, 1.54) is 0 Å². The smallest absolute Gasteiger partial charge is 0.0870 e. The van der Waals surface area contributed by atoms with Crippen molar-refractivity contribution in [1.82, 2.24) is 5.32 Å². The maximum Gasteiger partial charge on any atom is 0.0870 e. The normalized spacial score (nSPS) is 13.6. The first-order valence-corrected chi connectivity index (χ1v) is 2.61. The van der Waals surface area contributed by atoms with Crippen molar-refractivity contribution in [3.05, 3.63) is 12.2 Å². The Balaban J connectivity index is 3.57. The zero-order valence-corrected chi connectivity index (χ0v) is 5.31. The maximum absolute atomic E-state index is 5.11. The molecule has 1 N–H and O–H groups in total. The van der Waals surface area contributed by atoms with E-state index in [9.17, 15) is 0 Å². The Bertz CT molecular complexity index is 108. The molecule has 0 rings (SSSR count). The van der Waals surface area contributed by atoms with Gasteiger partial charge in [0, 0.05) is 0 Å². The van der Waals surface area contributed by atoms with Gasteiger partial charge in [0.15, 0.2) is 0 Å². The molecule has 0 aliphatic rings. The molecule has 0 saturated carbocycles. The van der Waals surface area contributed by atoms with Crippen LogP contribution < -0.4 is 5.32 Å². The Labute approximate surface area is 50.8 Å². The van der Waals surface area contributed by atoms with Crippen LogP contribution in [0, 0.1) is 12.3 Å². The number of allylic oxidation sites excluding steroid dienone is 1. The van der Waals surface area contributed by atoms with Crippen LogP contribution in [0.3, 0.4) is 0 Å². The number of hydrogen-bond donors (Lipinski definition) is 1. The minimum Gasteiger partial charge on any atom is -0.304 e. The first kappa shape index (κ1) is 7.26. The molecule has 0 aliphatic carbocycles. The first-order chi connectivity index (χ1) is 3.85. The number of likely N-dealkylation sites (N-methyl/N-ethyl adjacent to an activating group) is 1. The van der Waals surface area contributed by atoms with Gasteiger partial charge >= 0.3 is 0 Å². The molecular weight excluding hydrogens is 98.1 g/mol. The molecule has 0 amide bonds. The summed E-state index contributed by atoms with van der Waals surface area (Å²) in [5.41, 5.74) is 0. The summed E-state index contributed by atoms with van der Waals surface area (Å²) in [5, 5.41) is 2.93. The topological polar surface area (TPSA) is 12.0 Å². The lowest BCUT2D eigenvalue weighted by atomic mass is 10.3. The second-order valence-electron chi connectivity index (χ2n) is 1.46. The summed E-state index contributed by atoms with van der Waals surface area (Å²) in [4.78, 5) is 0. The predicted octanol–water partition coefficient (Wildman–Crippen LogP) is 0.784. The largest absolute Gasteiger partial charge is 0.304 e. The molecule has 8 heavy (non-hydrogen) atoms. The number of nitrogens with one attached hydrogen (secondary N) is 1. The van der Waals surface area contributed by atoms with Gasteiger partial charge in [0.2, 0.25) is 0 Å². The van der Waals surface area contributed by atoms with Gasteiger partial charge in [-0.1, -0.05) is 18.1 Å². The molecule has 1 heteroatoms. The van der Waals surface area contributed by atoms with Crippen LogP contribution in [0.25, 0.3) is 0 Å². The standard InChI is InChI=1S/C7H11N/c1-4-6-7(5-2)8-3/h2,4,6-8H,1,3H3/b6-4-. The van der Waals surface area contributed by atoms with Crippen LogP contribution in [-0.2, 0) is 0 Å². The summed E-state index contributed by atoms with van der Waals surface area (Å²) in [6.07, 6.45) is 8.97. The Morgan fingerprint density at radius 1 is 1.75 bits per heavy atom. The van der Waals surface area contributed by atoms with Crippen molar-refractivity contribution >= 4 is 0 Å². The maximum atomic E-state index is 5.11. The molecule has 0 heterocycles. The van der Waals surface area contributed by atoms with Gasteiger partial charge in [0.25, 0.3) is 0 Å². The number of hydrogen-bond acceptors (Lipinski definition) is 1. The van der Waals surface area contributed by atoms with Gasteiger partial charge in [-0.05, 0) is 14.0 Å². The van der Waals surface area contributed by atoms with Crippen molar-refractivity contribution in [2.45, 2.75) is 13.0 Å². The Morgan fingerprint density at radius 2 is 2.38 bits per heavy atom. The monoisotopic (exact) mass is 109 g/mol. The van der Waals surface area contributed by atoms with Crippen molar-refractivity contribution in [2.75, 3.05) is 7.05 Å². The van der Waals surface area contributed by atoms with Crippen LogP contribution in [0.1, 0.15) is 6.92 Å². The Morgan fingerprint density at radius 3 is 2.50 bits per heavy atom. The summed E-state index contributed by atoms with van der Waals surface area (Å²) in [7, 11) is 1.84. The van der Waals surface area contributed by atoms with Gasteiger partial charge < -0.3 is 5.32 Å². The molecule has 0 bridgehead atoms. The van der Waals surface area contributed by atoms with E-state index in [1.54, 1.807) is 0 Å². The van der Waals surface area contributed by atoms with Crippen LogP contribution in [0.5, 0.6) is 0 Å². The fourth-order valence-electron chi connectivity index (χ4n) is 0.428. The van der Waals surface area contributed by atoms with E-state index in [-0.39, 0.29) is 6.04 Å². The van der Waals surface area contributed by atoms with Crippen LogP contribution in [0.2, 0.25) is 0 Å². The SMILES string of the molecule is C#CC(/C=C\C)NC. The molecule has 0 spiro atoms. The van der Waals surface area contributed by atoms with Crippen molar-refractivity contribution < 1.29 is 0 Å². The molecule has 1 nitrogen and oxygen atoms in total. The quantitative estimate of drug-likeness (QED) is 0.408. The van der Waals surface area contributed by atoms with Gasteiger partial charge in [-0.3, -0.25) is 0 Å². The van der Waals surface area contributed by atoms with Crippen LogP contribution in [0.4, 0.5) is 0 Å². The number of terminal acetylenes is 1. The highest BCUT2D eigenvalue weighted by Crippen LogP contribution is 1.79. The summed E-state index contributed by atoms with van der Waals surface area (Å²) in [6, 6.07) is 0.0972. The van der Waals surface area contributed by atoms with E-state index >= 15 is 0 Å². The second kappa shape index (κ2) is 4.42. The van der Waals surface area contributed by atoms with Crippen molar-refractivity contribution in [2.24, 2.45) is 0 Å². The molecule has 1 unspecified atom stereocenters. The highest BCUT2D eigenvalue weighted by atomic mass is 14.8. The summed E-state index contributed by atoms with van der Waals surface area (Å²) in [5.74, 6) is 2.55. The number of rotatable bonds is 2. The second-order valence-corrected chi connectivity index (χ2v) is 1.46. The van der Waals surface area contributed by atoms with Crippen molar-refractivity contribution in [1.29, 1.82) is 0 Å². The fraction of sp³-hybridized carbons (Fsp3) is 0.429. The lowest BCUT2D eigenvalue weighted by molar-refractivity contribution is 0.811. The fourth-order valence-corrected chi connectivity index (χ4v) is 0.428. The Hall–Kier alpha value is -0.740. The van der Waals surface area contributed by atoms with E-state index in [1.807, 2.05) is 26.1 Å². The third-order valence-electron chi connectivity index (χ3n) is 0.875. The molecule has 1 atom stereocenters. The average molecular weight is 109 g/mol. The Kier molecular flexibility index (Phi) is 4.01. The highest BCUT2D eigenvalue weighted by molar-refractivity contribution is 5.09. The third kappa shape index (κ3) is 2.44. The lowest BCUT2D eigenvalue weighted by Gasteiger charge is -1.98. The first-order valence-electron chi connectivity index (χ1n) is 2.61. The summed E-state index contributed by atoms with van der Waals surface area (Å²) < 4.78 is 0. The molecule has 0 aliphatic heterocycles. The van der Waals surface area contributed by atoms with Crippen molar-refractivity contribution in [3.8, 4) is 12.3 Å². The zero-order chi connectivity index (χ0) is 6.41. The highest BCUT2D eigenvalue weighted by Gasteiger charge is 1.88. The molecule has 0 aromatic carbocycles. The predicted molar refractivity (Wildman–Crippen MR) is 36.5 cm³/mol.